The number of halogens is 1. The van der Waals surface area contributed by atoms with Gasteiger partial charge in [0.25, 0.3) is 0 Å². The molecule has 2 saturated carbocycles. The number of hydrogen-bond acceptors (Lipinski definition) is 3. The number of hydroxylamine groups is 2. The topological polar surface area (TPSA) is 29.5 Å². The molecule has 0 bridgehead atoms. The van der Waals surface area contributed by atoms with Crippen LogP contribution < -0.4 is 0 Å². The number of carbonyl (C=O) groups is 1. The van der Waals surface area contributed by atoms with Crippen molar-refractivity contribution in [3.05, 3.63) is 0 Å². The lowest BCUT2D eigenvalue weighted by atomic mass is 9.67. The quantitative estimate of drug-likeness (QED) is 0.601. The van der Waals surface area contributed by atoms with Crippen LogP contribution in [0.15, 0.2) is 0 Å². The molecule has 4 heteroatoms. The molecular weight excluding hydrogens is 334 g/mol. The Bertz CT molecular complexity index is 373. The van der Waals surface area contributed by atoms with Crippen LogP contribution in [0.1, 0.15) is 96.8 Å². The van der Waals surface area contributed by atoms with Crippen LogP contribution in [-0.2, 0) is 9.63 Å². The lowest BCUT2D eigenvalue weighted by Crippen LogP contribution is -2.43. The highest BCUT2D eigenvalue weighted by molar-refractivity contribution is 5.85. The van der Waals surface area contributed by atoms with Crippen LogP contribution in [0.2, 0.25) is 0 Å². The minimum Gasteiger partial charge on any atom is -0.368 e. The van der Waals surface area contributed by atoms with E-state index in [0.29, 0.717) is 6.04 Å². The smallest absolute Gasteiger partial charge is 0.322 e. The number of carbonyl (C=O) groups excluding carboxylic acids is 1. The van der Waals surface area contributed by atoms with Crippen LogP contribution in [0, 0.1) is 17.8 Å². The van der Waals surface area contributed by atoms with Gasteiger partial charge in [0.1, 0.15) is 0 Å². The lowest BCUT2D eigenvalue weighted by Gasteiger charge is -2.42. The molecule has 0 aromatic heterocycles. The van der Waals surface area contributed by atoms with E-state index in [9.17, 15) is 4.79 Å². The van der Waals surface area contributed by atoms with E-state index in [0.717, 1.165) is 24.3 Å². The van der Waals surface area contributed by atoms with Gasteiger partial charge < -0.3 is 4.84 Å². The molecule has 1 heterocycles. The van der Waals surface area contributed by atoms with E-state index in [1.807, 2.05) is 5.06 Å². The molecule has 1 atom stereocenters. The van der Waals surface area contributed by atoms with Gasteiger partial charge in [-0.15, -0.1) is 17.5 Å². The van der Waals surface area contributed by atoms with Crippen molar-refractivity contribution in [3.63, 3.8) is 0 Å². The highest BCUT2D eigenvalue weighted by atomic mass is 35.5. The Morgan fingerprint density at radius 1 is 0.880 bits per heavy atom. The van der Waals surface area contributed by atoms with Crippen molar-refractivity contribution >= 4 is 18.4 Å². The molecule has 1 saturated heterocycles. The second-order valence-corrected chi connectivity index (χ2v) is 8.57. The number of rotatable bonds is 5. The van der Waals surface area contributed by atoms with E-state index in [1.54, 1.807) is 6.92 Å². The Labute approximate surface area is 160 Å². The molecule has 1 aliphatic heterocycles. The summed E-state index contributed by atoms with van der Waals surface area (Å²) in [7, 11) is 0. The maximum absolute atomic E-state index is 11.5. The van der Waals surface area contributed by atoms with Gasteiger partial charge in [0, 0.05) is 19.5 Å². The summed E-state index contributed by atoms with van der Waals surface area (Å²) >= 11 is 0. The molecule has 1 unspecified atom stereocenters. The molecule has 3 aliphatic rings. The maximum atomic E-state index is 11.5. The van der Waals surface area contributed by atoms with Gasteiger partial charge in [0.15, 0.2) is 0 Å². The van der Waals surface area contributed by atoms with E-state index in [-0.39, 0.29) is 18.4 Å². The molecular formula is C21H38ClNO2. The van der Waals surface area contributed by atoms with Crippen molar-refractivity contribution in [1.29, 1.82) is 0 Å². The summed E-state index contributed by atoms with van der Waals surface area (Å²) < 4.78 is 0. The summed E-state index contributed by atoms with van der Waals surface area (Å²) in [6, 6.07) is 0.469. The standard InChI is InChI=1S/C21H37NO2.ClH/c1-17(23)24-22-15-9-8-14-20(22)16-21(18-10-4-2-5-11-18)19-12-6-3-7-13-19;/h18-21H,2-16H2,1H3;1H. The fourth-order valence-electron chi connectivity index (χ4n) is 5.70. The minimum absolute atomic E-state index is 0. The van der Waals surface area contributed by atoms with Crippen molar-refractivity contribution in [2.45, 2.75) is 103 Å². The zero-order chi connectivity index (χ0) is 16.8. The highest BCUT2D eigenvalue weighted by Gasteiger charge is 2.36. The number of piperidine rings is 1. The molecule has 3 nitrogen and oxygen atoms in total. The zero-order valence-electron chi connectivity index (χ0n) is 16.1. The van der Waals surface area contributed by atoms with E-state index in [4.69, 9.17) is 4.84 Å². The van der Waals surface area contributed by atoms with Crippen LogP contribution in [0.5, 0.6) is 0 Å². The van der Waals surface area contributed by atoms with Crippen molar-refractivity contribution in [2.75, 3.05) is 6.54 Å². The second-order valence-electron chi connectivity index (χ2n) is 8.57. The molecule has 146 valence electrons. The third kappa shape index (κ3) is 6.13. The van der Waals surface area contributed by atoms with Crippen LogP contribution in [0.4, 0.5) is 0 Å². The molecule has 3 rings (SSSR count). The van der Waals surface area contributed by atoms with Crippen LogP contribution in [0.3, 0.4) is 0 Å². The van der Waals surface area contributed by atoms with Gasteiger partial charge in [-0.05, 0) is 37.0 Å². The molecule has 0 radical (unpaired) electrons. The molecule has 0 aromatic carbocycles. The Kier molecular flexibility index (Phi) is 9.06. The normalized spacial score (nSPS) is 27.0. The average Bonchev–Trinajstić information content (AvgIpc) is 2.62. The molecule has 2 aliphatic carbocycles. The second kappa shape index (κ2) is 10.8. The molecule has 0 N–H and O–H groups in total. The van der Waals surface area contributed by atoms with Gasteiger partial charge in [0.05, 0.1) is 0 Å². The number of hydrogen-bond donors (Lipinski definition) is 0. The Morgan fingerprint density at radius 3 is 1.92 bits per heavy atom. The third-order valence-corrected chi connectivity index (χ3v) is 6.87. The first kappa shape index (κ1) is 21.0. The van der Waals surface area contributed by atoms with Crippen molar-refractivity contribution in [1.82, 2.24) is 5.06 Å². The summed E-state index contributed by atoms with van der Waals surface area (Å²) in [5, 5.41) is 2.05. The van der Waals surface area contributed by atoms with Crippen molar-refractivity contribution < 1.29 is 9.63 Å². The van der Waals surface area contributed by atoms with Crippen molar-refractivity contribution in [3.8, 4) is 0 Å². The number of nitrogens with zero attached hydrogens (tertiary/aromatic N) is 1. The molecule has 25 heavy (non-hydrogen) atoms. The van der Waals surface area contributed by atoms with Gasteiger partial charge in [0.2, 0.25) is 0 Å². The zero-order valence-corrected chi connectivity index (χ0v) is 16.9. The molecule has 0 spiro atoms. The minimum atomic E-state index is -0.145. The Hall–Kier alpha value is -0.280. The summed E-state index contributed by atoms with van der Waals surface area (Å²) in [5.74, 6) is 2.59. The fraction of sp³-hybridized carbons (Fsp3) is 0.952. The third-order valence-electron chi connectivity index (χ3n) is 6.87. The van der Waals surface area contributed by atoms with Crippen LogP contribution >= 0.6 is 12.4 Å². The van der Waals surface area contributed by atoms with Crippen LogP contribution in [0.25, 0.3) is 0 Å². The van der Waals surface area contributed by atoms with E-state index in [2.05, 4.69) is 0 Å². The predicted molar refractivity (Wildman–Crippen MR) is 105 cm³/mol. The first-order valence-corrected chi connectivity index (χ1v) is 10.7. The van der Waals surface area contributed by atoms with E-state index < -0.39 is 0 Å². The summed E-state index contributed by atoms with van der Waals surface area (Å²) in [4.78, 5) is 17.1. The first-order chi connectivity index (χ1) is 11.7. The van der Waals surface area contributed by atoms with Crippen molar-refractivity contribution in [2.24, 2.45) is 17.8 Å². The lowest BCUT2D eigenvalue weighted by molar-refractivity contribution is -0.208. The molecule has 0 amide bonds. The van der Waals surface area contributed by atoms with E-state index >= 15 is 0 Å². The SMILES string of the molecule is CC(=O)ON1CCCCC1CC(C1CCCCC1)C1CCCCC1.Cl. The fourth-order valence-corrected chi connectivity index (χ4v) is 5.70. The van der Waals surface area contributed by atoms with Gasteiger partial charge in [-0.25, -0.2) is 0 Å². The Morgan fingerprint density at radius 2 is 1.40 bits per heavy atom. The van der Waals surface area contributed by atoms with E-state index in [1.165, 1.54) is 89.9 Å². The van der Waals surface area contributed by atoms with Gasteiger partial charge in [-0.1, -0.05) is 70.6 Å². The molecule has 0 aromatic rings. The monoisotopic (exact) mass is 371 g/mol. The van der Waals surface area contributed by atoms with Crippen LogP contribution in [-0.4, -0.2) is 23.6 Å². The highest BCUT2D eigenvalue weighted by Crippen LogP contribution is 2.43. The summed E-state index contributed by atoms with van der Waals surface area (Å²) in [6.45, 7) is 2.48. The largest absolute Gasteiger partial charge is 0.368 e. The summed E-state index contributed by atoms with van der Waals surface area (Å²) in [6.07, 6.45) is 19.4. The first-order valence-electron chi connectivity index (χ1n) is 10.7. The van der Waals surface area contributed by atoms with Gasteiger partial charge >= 0.3 is 5.97 Å². The summed E-state index contributed by atoms with van der Waals surface area (Å²) in [5.41, 5.74) is 0. The Balaban J connectivity index is 0.00000225. The van der Waals surface area contributed by atoms with Gasteiger partial charge in [-0.2, -0.15) is 0 Å². The predicted octanol–water partition coefficient (Wildman–Crippen LogP) is 5.91. The molecule has 3 fully saturated rings. The average molecular weight is 372 g/mol. The maximum Gasteiger partial charge on any atom is 0.322 e. The van der Waals surface area contributed by atoms with Gasteiger partial charge in [-0.3, -0.25) is 4.79 Å².